The molecule has 0 aromatic heterocycles. The van der Waals surface area contributed by atoms with Crippen LogP contribution in [0.2, 0.25) is 0 Å². The third-order valence-electron chi connectivity index (χ3n) is 7.07. The Bertz CT molecular complexity index is 1190. The fourth-order valence-corrected chi connectivity index (χ4v) is 5.33. The van der Waals surface area contributed by atoms with Crippen molar-refractivity contribution in [2.75, 3.05) is 19.6 Å². The molecular weight excluding hydrogens is 521 g/mol. The number of carbonyl (C=O) groups is 2. The average molecular weight is 554 g/mol. The lowest BCUT2D eigenvalue weighted by molar-refractivity contribution is -0.141. The average Bonchev–Trinajstić information content (AvgIpc) is 3.07. The van der Waals surface area contributed by atoms with Crippen LogP contribution in [-0.4, -0.2) is 54.5 Å². The van der Waals surface area contributed by atoms with Gasteiger partial charge >= 0.3 is 12.3 Å². The lowest BCUT2D eigenvalue weighted by Gasteiger charge is -2.41. The second-order valence-corrected chi connectivity index (χ2v) is 11.0. The Labute approximate surface area is 223 Å². The largest absolute Gasteiger partial charge is 0.444 e. The summed E-state index contributed by atoms with van der Waals surface area (Å²) in [5.74, 6) is -2.25. The first-order valence-corrected chi connectivity index (χ1v) is 12.9. The molecule has 1 unspecified atom stereocenters. The van der Waals surface area contributed by atoms with E-state index in [1.165, 1.54) is 24.3 Å². The quantitative estimate of drug-likeness (QED) is 0.328. The molecule has 0 saturated carbocycles. The van der Waals surface area contributed by atoms with Crippen molar-refractivity contribution in [2.45, 2.75) is 69.8 Å². The molecule has 2 aromatic rings. The Morgan fingerprint density at radius 2 is 1.59 bits per heavy atom. The van der Waals surface area contributed by atoms with E-state index in [1.54, 1.807) is 20.8 Å². The van der Waals surface area contributed by atoms with Gasteiger partial charge in [0.05, 0.1) is 6.17 Å². The van der Waals surface area contributed by atoms with Gasteiger partial charge in [-0.3, -0.25) is 9.69 Å². The van der Waals surface area contributed by atoms with Gasteiger partial charge in [0.2, 0.25) is 5.91 Å². The number of nitrogens with one attached hydrogen (secondary N) is 2. The van der Waals surface area contributed by atoms with Gasteiger partial charge in [-0.1, -0.05) is 18.6 Å². The first-order chi connectivity index (χ1) is 18.2. The summed E-state index contributed by atoms with van der Waals surface area (Å²) in [6.07, 6.45) is -3.69. The van der Waals surface area contributed by atoms with Crippen LogP contribution < -0.4 is 10.6 Å². The molecule has 1 saturated heterocycles. The van der Waals surface area contributed by atoms with Gasteiger partial charge in [-0.15, -0.1) is 0 Å². The van der Waals surface area contributed by atoms with Crippen LogP contribution in [0.15, 0.2) is 36.4 Å². The van der Waals surface area contributed by atoms with Crippen molar-refractivity contribution in [1.29, 1.82) is 0 Å². The van der Waals surface area contributed by atoms with E-state index in [9.17, 15) is 31.5 Å². The van der Waals surface area contributed by atoms with Gasteiger partial charge in [-0.2, -0.15) is 13.2 Å². The summed E-state index contributed by atoms with van der Waals surface area (Å²) in [4.78, 5) is 27.6. The number of alkyl carbamates (subject to hydrolysis) is 1. The van der Waals surface area contributed by atoms with Gasteiger partial charge in [0.1, 0.15) is 29.2 Å². The monoisotopic (exact) mass is 553 g/mol. The number of rotatable bonds is 8. The van der Waals surface area contributed by atoms with Crippen LogP contribution in [0, 0.1) is 11.6 Å². The molecule has 212 valence electrons. The molecular formula is C28H32F5N3O3. The number of unbranched alkanes of at least 4 members (excludes halogenated alkanes) is 1. The van der Waals surface area contributed by atoms with Crippen LogP contribution in [0.4, 0.5) is 26.7 Å². The second-order valence-electron chi connectivity index (χ2n) is 11.0. The molecule has 4 rings (SSSR count). The molecule has 11 heteroatoms. The standard InChI is InChI=1S/C28H32F5N3O3/c1-26(2,3)39-25(38)35-23-10-13-36(23)12-5-4-11-27(24(37)34-16-28(31,32)33)21-14-17(29)6-8-19(21)20-9-7-18(30)15-22(20)27/h6-9,14-15,23H,4-5,10-13,16H2,1-3H3,(H,34,37)(H,35,38). The summed E-state index contributed by atoms with van der Waals surface area (Å²) in [5.41, 5.74) is -0.918. The van der Waals surface area contributed by atoms with Crippen LogP contribution in [0.5, 0.6) is 0 Å². The molecule has 6 nitrogen and oxygen atoms in total. The summed E-state index contributed by atoms with van der Waals surface area (Å²) in [6, 6.07) is 7.64. The summed E-state index contributed by atoms with van der Waals surface area (Å²) in [7, 11) is 0. The van der Waals surface area contributed by atoms with Crippen LogP contribution in [-0.2, 0) is 14.9 Å². The molecule has 1 atom stereocenters. The topological polar surface area (TPSA) is 70.7 Å². The number of hydrogen-bond acceptors (Lipinski definition) is 4. The zero-order valence-electron chi connectivity index (χ0n) is 22.1. The fourth-order valence-electron chi connectivity index (χ4n) is 5.33. The maximum Gasteiger partial charge on any atom is 0.408 e. The lowest BCUT2D eigenvalue weighted by atomic mass is 9.73. The highest BCUT2D eigenvalue weighted by Crippen LogP contribution is 2.52. The highest BCUT2D eigenvalue weighted by molar-refractivity contribution is 6.00. The third kappa shape index (κ3) is 6.34. The summed E-state index contributed by atoms with van der Waals surface area (Å²) < 4.78 is 73.2. The minimum Gasteiger partial charge on any atom is -0.444 e. The Morgan fingerprint density at radius 3 is 2.08 bits per heavy atom. The number of likely N-dealkylation sites (tertiary alicyclic amines) is 1. The molecule has 2 N–H and O–H groups in total. The molecule has 0 radical (unpaired) electrons. The molecule has 39 heavy (non-hydrogen) atoms. The van der Waals surface area contributed by atoms with Crippen molar-refractivity contribution in [3.05, 3.63) is 59.2 Å². The number of halogens is 5. The second kappa shape index (κ2) is 10.7. The minimum atomic E-state index is -4.65. The minimum absolute atomic E-state index is 0.0433. The molecule has 1 fully saturated rings. The van der Waals surface area contributed by atoms with E-state index in [0.717, 1.165) is 25.1 Å². The third-order valence-corrected chi connectivity index (χ3v) is 7.07. The molecule has 2 aliphatic rings. The molecule has 1 aliphatic carbocycles. The highest BCUT2D eigenvalue weighted by Gasteiger charge is 2.50. The maximum absolute atomic E-state index is 14.4. The van der Waals surface area contributed by atoms with E-state index in [0.29, 0.717) is 30.5 Å². The number of benzene rings is 2. The summed E-state index contributed by atoms with van der Waals surface area (Å²) >= 11 is 0. The first kappa shape index (κ1) is 28.8. The zero-order chi connectivity index (χ0) is 28.6. The molecule has 0 spiro atoms. The van der Waals surface area contributed by atoms with Crippen molar-refractivity contribution >= 4 is 12.0 Å². The van der Waals surface area contributed by atoms with Crippen molar-refractivity contribution in [3.63, 3.8) is 0 Å². The summed E-state index contributed by atoms with van der Waals surface area (Å²) in [5, 5.41) is 4.78. The zero-order valence-corrected chi connectivity index (χ0v) is 22.1. The number of carbonyl (C=O) groups excluding carboxylic acids is 2. The van der Waals surface area contributed by atoms with Crippen molar-refractivity contribution in [3.8, 4) is 11.1 Å². The predicted molar refractivity (Wildman–Crippen MR) is 135 cm³/mol. The van der Waals surface area contributed by atoms with Crippen molar-refractivity contribution in [1.82, 2.24) is 15.5 Å². The molecule has 2 aromatic carbocycles. The molecule has 2 amide bonds. The van der Waals surface area contributed by atoms with Crippen LogP contribution in [0.3, 0.4) is 0 Å². The lowest BCUT2D eigenvalue weighted by Crippen LogP contribution is -2.58. The smallest absolute Gasteiger partial charge is 0.408 e. The fraction of sp³-hybridized carbons (Fsp3) is 0.500. The molecule has 1 aliphatic heterocycles. The van der Waals surface area contributed by atoms with Crippen molar-refractivity contribution in [2.24, 2.45) is 0 Å². The first-order valence-electron chi connectivity index (χ1n) is 12.9. The highest BCUT2D eigenvalue weighted by atomic mass is 19.4. The Morgan fingerprint density at radius 1 is 1.00 bits per heavy atom. The van der Waals surface area contributed by atoms with E-state index in [1.807, 2.05) is 10.2 Å². The number of fused-ring (bicyclic) bond motifs is 3. The van der Waals surface area contributed by atoms with Gasteiger partial charge in [0.25, 0.3) is 0 Å². The Hall–Kier alpha value is -3.21. The molecule has 1 heterocycles. The van der Waals surface area contributed by atoms with Gasteiger partial charge < -0.3 is 15.4 Å². The summed E-state index contributed by atoms with van der Waals surface area (Å²) in [6.45, 7) is 5.02. The number of nitrogens with zero attached hydrogens (tertiary/aromatic N) is 1. The SMILES string of the molecule is CC(C)(C)OC(=O)NC1CCN1CCCCC1(C(=O)NCC(F)(F)F)c2cc(F)ccc2-c2ccc(F)cc21. The molecule has 0 bridgehead atoms. The number of ether oxygens (including phenoxy) is 1. The van der Waals surface area contributed by atoms with E-state index in [2.05, 4.69) is 5.32 Å². The normalized spacial score (nSPS) is 18.1. The van der Waals surface area contributed by atoms with E-state index in [4.69, 9.17) is 4.74 Å². The predicted octanol–water partition coefficient (Wildman–Crippen LogP) is 5.64. The number of amides is 2. The number of hydrogen-bond donors (Lipinski definition) is 2. The van der Waals surface area contributed by atoms with Gasteiger partial charge in [-0.05, 0) is 86.6 Å². The van der Waals surface area contributed by atoms with E-state index >= 15 is 0 Å². The Kier molecular flexibility index (Phi) is 7.93. The van der Waals surface area contributed by atoms with Crippen molar-refractivity contribution < 1.29 is 36.3 Å². The van der Waals surface area contributed by atoms with Gasteiger partial charge in [-0.25, -0.2) is 13.6 Å². The van der Waals surface area contributed by atoms with E-state index in [-0.39, 0.29) is 23.7 Å². The van der Waals surface area contributed by atoms with Crippen LogP contribution in [0.1, 0.15) is 57.6 Å². The maximum atomic E-state index is 14.4. The van der Waals surface area contributed by atoms with Crippen LogP contribution in [0.25, 0.3) is 11.1 Å². The van der Waals surface area contributed by atoms with Gasteiger partial charge in [0, 0.05) is 13.1 Å². The van der Waals surface area contributed by atoms with Gasteiger partial charge in [0.15, 0.2) is 0 Å². The van der Waals surface area contributed by atoms with Crippen LogP contribution >= 0.6 is 0 Å². The number of alkyl halides is 3. The Balaban J connectivity index is 1.53. The van der Waals surface area contributed by atoms with E-state index < -0.39 is 47.4 Å².